The summed E-state index contributed by atoms with van der Waals surface area (Å²) in [5.74, 6) is 1.80. The molecule has 64 valence electrons. The van der Waals surface area contributed by atoms with E-state index in [1.165, 1.54) is 4.63 Å². The van der Waals surface area contributed by atoms with Crippen molar-refractivity contribution in [3.05, 3.63) is 11.9 Å². The monoisotopic (exact) mass is 165 g/mol. The summed E-state index contributed by atoms with van der Waals surface area (Å²) >= 11 is 0. The Morgan fingerprint density at radius 1 is 1.50 bits per heavy atom. The smallest absolute Gasteiger partial charge is 0.157 e. The average molecular weight is 165 g/mol. The Kier molecular flexibility index (Phi) is 1.33. The normalized spacial score (nSPS) is 11.6. The highest BCUT2D eigenvalue weighted by Gasteiger charge is 2.07. The van der Waals surface area contributed by atoms with E-state index >= 15 is 0 Å². The van der Waals surface area contributed by atoms with Gasteiger partial charge >= 0.3 is 0 Å². The number of aromatic nitrogens is 4. The van der Waals surface area contributed by atoms with Gasteiger partial charge in [0.2, 0.25) is 0 Å². The molecule has 0 aliphatic carbocycles. The maximum absolute atomic E-state index is 5.47. The summed E-state index contributed by atoms with van der Waals surface area (Å²) in [6, 6.07) is 1.76. The zero-order valence-corrected chi connectivity index (χ0v) is 7.07. The highest BCUT2D eigenvalue weighted by atomic mass is 15.5. The van der Waals surface area contributed by atoms with E-state index < -0.39 is 0 Å². The SMILES string of the molecule is CC(C)c1nn2nc(N)cc2[nH]1. The van der Waals surface area contributed by atoms with Crippen molar-refractivity contribution in [3.63, 3.8) is 0 Å². The molecule has 3 N–H and O–H groups in total. The average Bonchev–Trinajstić information content (AvgIpc) is 2.42. The topological polar surface area (TPSA) is 72.0 Å². The maximum atomic E-state index is 5.47. The highest BCUT2D eigenvalue weighted by Crippen LogP contribution is 2.11. The number of anilines is 1. The van der Waals surface area contributed by atoms with Crippen LogP contribution in [0.1, 0.15) is 25.6 Å². The Hall–Kier alpha value is -1.52. The lowest BCUT2D eigenvalue weighted by Crippen LogP contribution is -1.94. The lowest BCUT2D eigenvalue weighted by atomic mass is 10.2. The molecule has 0 aliphatic heterocycles. The standard InChI is InChI=1S/C7H11N5/c1-4(2)7-9-6-3-5(8)10-12(6)11-7/h3-4H,1-2H3,(H2,8,10)(H,9,11). The van der Waals surface area contributed by atoms with Crippen molar-refractivity contribution >= 4 is 11.5 Å². The minimum atomic E-state index is 0.382. The van der Waals surface area contributed by atoms with Gasteiger partial charge in [-0.1, -0.05) is 13.8 Å². The Labute approximate surface area is 69.6 Å². The molecule has 0 amide bonds. The number of H-pyrrole nitrogens is 1. The number of nitrogens with two attached hydrogens (primary N) is 1. The van der Waals surface area contributed by atoms with Crippen LogP contribution in [0, 0.1) is 0 Å². The fraction of sp³-hybridized carbons (Fsp3) is 0.429. The van der Waals surface area contributed by atoms with Crippen LogP contribution in [0.4, 0.5) is 5.82 Å². The molecule has 12 heavy (non-hydrogen) atoms. The van der Waals surface area contributed by atoms with Gasteiger partial charge in [-0.2, -0.15) is 0 Å². The second-order valence-electron chi connectivity index (χ2n) is 3.11. The zero-order valence-electron chi connectivity index (χ0n) is 7.07. The minimum Gasteiger partial charge on any atom is -0.382 e. The molecular formula is C7H11N5. The Morgan fingerprint density at radius 3 is 2.83 bits per heavy atom. The molecule has 0 aliphatic rings. The number of nitrogens with zero attached hydrogens (tertiary/aromatic N) is 3. The molecule has 5 nitrogen and oxygen atoms in total. The number of hydrogen-bond acceptors (Lipinski definition) is 3. The molecule has 0 spiro atoms. The summed E-state index contributed by atoms with van der Waals surface area (Å²) in [4.78, 5) is 3.13. The Morgan fingerprint density at radius 2 is 2.25 bits per heavy atom. The first kappa shape index (κ1) is 7.15. The van der Waals surface area contributed by atoms with E-state index in [4.69, 9.17) is 5.73 Å². The van der Waals surface area contributed by atoms with Crippen LogP contribution in [0.5, 0.6) is 0 Å². The summed E-state index contributed by atoms with van der Waals surface area (Å²) in [7, 11) is 0. The van der Waals surface area contributed by atoms with E-state index in [0.29, 0.717) is 11.7 Å². The molecule has 2 aromatic rings. The summed E-state index contributed by atoms with van der Waals surface area (Å²) < 4.78 is 1.52. The highest BCUT2D eigenvalue weighted by molar-refractivity contribution is 5.47. The molecule has 0 radical (unpaired) electrons. The van der Waals surface area contributed by atoms with Gasteiger partial charge in [0.15, 0.2) is 5.65 Å². The molecule has 0 atom stereocenters. The predicted octanol–water partition coefficient (Wildman–Crippen LogP) is 0.763. The fourth-order valence-electron chi connectivity index (χ4n) is 1.07. The van der Waals surface area contributed by atoms with Crippen molar-refractivity contribution in [2.24, 2.45) is 0 Å². The van der Waals surface area contributed by atoms with Gasteiger partial charge in [-0.3, -0.25) is 0 Å². The first-order valence-corrected chi connectivity index (χ1v) is 3.88. The van der Waals surface area contributed by atoms with E-state index in [0.717, 1.165) is 11.5 Å². The van der Waals surface area contributed by atoms with Gasteiger partial charge in [-0.15, -0.1) is 14.8 Å². The molecule has 5 heteroatoms. The van der Waals surface area contributed by atoms with Crippen LogP contribution < -0.4 is 5.73 Å². The van der Waals surface area contributed by atoms with Crippen LogP contribution in [0.3, 0.4) is 0 Å². The lowest BCUT2D eigenvalue weighted by molar-refractivity contribution is 0.732. The third kappa shape index (κ3) is 0.939. The summed E-state index contributed by atoms with van der Waals surface area (Å²) in [6.07, 6.45) is 0. The van der Waals surface area contributed by atoms with Crippen LogP contribution in [0.15, 0.2) is 6.07 Å². The molecular weight excluding hydrogens is 154 g/mol. The van der Waals surface area contributed by atoms with Crippen LogP contribution >= 0.6 is 0 Å². The number of rotatable bonds is 1. The van der Waals surface area contributed by atoms with Crippen molar-refractivity contribution in [2.75, 3.05) is 5.73 Å². The zero-order chi connectivity index (χ0) is 8.72. The van der Waals surface area contributed by atoms with Gasteiger partial charge in [0.1, 0.15) is 11.6 Å². The van der Waals surface area contributed by atoms with E-state index in [1.54, 1.807) is 6.07 Å². The van der Waals surface area contributed by atoms with E-state index in [1.807, 2.05) is 0 Å². The van der Waals surface area contributed by atoms with Crippen molar-refractivity contribution in [1.82, 2.24) is 19.8 Å². The second-order valence-corrected chi connectivity index (χ2v) is 3.11. The Bertz CT molecular complexity index is 365. The maximum Gasteiger partial charge on any atom is 0.157 e. The molecule has 0 fully saturated rings. The molecule has 0 saturated heterocycles. The molecule has 0 bridgehead atoms. The third-order valence-corrected chi connectivity index (χ3v) is 1.72. The van der Waals surface area contributed by atoms with Crippen molar-refractivity contribution in [1.29, 1.82) is 0 Å². The molecule has 0 saturated carbocycles. The summed E-state index contributed by atoms with van der Waals surface area (Å²) in [5.41, 5.74) is 6.31. The quantitative estimate of drug-likeness (QED) is 0.655. The van der Waals surface area contributed by atoms with Crippen molar-refractivity contribution in [3.8, 4) is 0 Å². The third-order valence-electron chi connectivity index (χ3n) is 1.72. The Balaban J connectivity index is 2.57. The molecule has 0 aromatic carbocycles. The van der Waals surface area contributed by atoms with Gasteiger partial charge in [0.25, 0.3) is 0 Å². The largest absolute Gasteiger partial charge is 0.382 e. The van der Waals surface area contributed by atoms with Crippen LogP contribution in [0.25, 0.3) is 5.65 Å². The number of hydrogen-bond donors (Lipinski definition) is 2. The number of aromatic amines is 1. The fourth-order valence-corrected chi connectivity index (χ4v) is 1.07. The van der Waals surface area contributed by atoms with Gasteiger partial charge < -0.3 is 10.7 Å². The number of nitrogens with one attached hydrogen (secondary N) is 1. The molecule has 0 unspecified atom stereocenters. The first-order valence-electron chi connectivity index (χ1n) is 3.88. The minimum absolute atomic E-state index is 0.382. The first-order chi connectivity index (χ1) is 5.66. The number of fused-ring (bicyclic) bond motifs is 1. The van der Waals surface area contributed by atoms with E-state index in [-0.39, 0.29) is 0 Å². The molecule has 2 aromatic heterocycles. The van der Waals surface area contributed by atoms with Gasteiger partial charge in [0.05, 0.1) is 0 Å². The lowest BCUT2D eigenvalue weighted by Gasteiger charge is -1.94. The summed E-state index contributed by atoms with van der Waals surface area (Å²) in [6.45, 7) is 4.14. The van der Waals surface area contributed by atoms with Crippen molar-refractivity contribution < 1.29 is 0 Å². The molecule has 2 rings (SSSR count). The predicted molar refractivity (Wildman–Crippen MR) is 45.8 cm³/mol. The second kappa shape index (κ2) is 2.23. The molecule has 2 heterocycles. The van der Waals surface area contributed by atoms with Crippen LogP contribution in [-0.4, -0.2) is 19.8 Å². The van der Waals surface area contributed by atoms with Gasteiger partial charge in [-0.05, 0) is 0 Å². The number of nitrogen functional groups attached to an aromatic ring is 1. The van der Waals surface area contributed by atoms with Crippen LogP contribution in [0.2, 0.25) is 0 Å². The van der Waals surface area contributed by atoms with Crippen LogP contribution in [-0.2, 0) is 0 Å². The van der Waals surface area contributed by atoms with E-state index in [2.05, 4.69) is 29.0 Å². The van der Waals surface area contributed by atoms with Crippen molar-refractivity contribution in [2.45, 2.75) is 19.8 Å². The summed E-state index contributed by atoms with van der Waals surface area (Å²) in [5, 5.41) is 8.17. The van der Waals surface area contributed by atoms with Gasteiger partial charge in [0, 0.05) is 12.0 Å². The van der Waals surface area contributed by atoms with E-state index in [9.17, 15) is 0 Å². The van der Waals surface area contributed by atoms with Gasteiger partial charge in [-0.25, -0.2) is 0 Å².